The molecular weight excluding hydrogens is 172 g/mol. The maximum atomic E-state index is 10.2. The smallest absolute Gasteiger partial charge is 0.193 e. The molecule has 0 N–H and O–H groups in total. The van der Waals surface area contributed by atoms with Crippen molar-refractivity contribution in [1.82, 2.24) is 0 Å². The van der Waals surface area contributed by atoms with Crippen LogP contribution in [0.3, 0.4) is 0 Å². The summed E-state index contributed by atoms with van der Waals surface area (Å²) in [6.07, 6.45) is 0. The molecule has 0 atom stereocenters. The largest absolute Gasteiger partial charge is 0.402 e. The van der Waals surface area contributed by atoms with Gasteiger partial charge in [-0.15, -0.1) is 0 Å². The van der Waals surface area contributed by atoms with Crippen LogP contribution in [-0.2, 0) is 11.9 Å². The Morgan fingerprint density at radius 3 is 2.08 bits per heavy atom. The molecule has 1 rings (SSSR count). The lowest BCUT2D eigenvalue weighted by atomic mass is 10.1. The minimum absolute atomic E-state index is 0.293. The van der Waals surface area contributed by atoms with Gasteiger partial charge in [0.25, 0.3) is 0 Å². The Kier molecular flexibility index (Phi) is 2.87. The number of hydrogen-bond acceptors (Lipinski definition) is 2. The molecule has 0 aliphatic heterocycles. The van der Waals surface area contributed by atoms with Crippen LogP contribution in [0.15, 0.2) is 12.1 Å². The zero-order valence-electron chi connectivity index (χ0n) is 7.42. The highest BCUT2D eigenvalue weighted by Gasteiger charge is 2.03. The lowest BCUT2D eigenvalue weighted by Gasteiger charge is -2.07. The number of aryl methyl sites for hydroxylation is 3. The lowest BCUT2D eigenvalue weighted by Crippen LogP contribution is -1.92. The normalized spacial score (nSPS) is 9.92. The van der Waals surface area contributed by atoms with E-state index < -0.39 is 0 Å². The van der Waals surface area contributed by atoms with Crippen LogP contribution in [0.25, 0.3) is 0 Å². The van der Waals surface area contributed by atoms with Gasteiger partial charge in [0, 0.05) is 0 Å². The topological polar surface area (TPSA) is 26.3 Å². The summed E-state index contributed by atoms with van der Waals surface area (Å²) < 4.78 is 15.2. The van der Waals surface area contributed by atoms with E-state index in [-0.39, 0.29) is 11.9 Å². The first-order valence-electron chi connectivity index (χ1n) is 3.72. The molecule has 0 radical (unpaired) electrons. The molecule has 0 spiro atoms. The minimum Gasteiger partial charge on any atom is -0.402 e. The number of thiol groups is 1. The summed E-state index contributed by atoms with van der Waals surface area (Å²) >= 11 is -0.293. The Morgan fingerprint density at radius 1 is 1.17 bits per heavy atom. The summed E-state index contributed by atoms with van der Waals surface area (Å²) in [5, 5.41) is 0. The predicted octanol–water partition coefficient (Wildman–Crippen LogP) is 1.85. The van der Waals surface area contributed by atoms with Gasteiger partial charge in [0.1, 0.15) is 5.75 Å². The summed E-state index contributed by atoms with van der Waals surface area (Å²) in [5.41, 5.74) is 3.24. The molecule has 2 nitrogen and oxygen atoms in total. The fourth-order valence-electron chi connectivity index (χ4n) is 1.35. The van der Waals surface area contributed by atoms with Crippen LogP contribution in [0.2, 0.25) is 0 Å². The van der Waals surface area contributed by atoms with E-state index in [0.29, 0.717) is 0 Å². The standard InChI is InChI=1S/C9H12O2S/c1-6-4-7(2)9(11-12-10)8(3)5-6/h4-5,12H,1-3H3. The summed E-state index contributed by atoms with van der Waals surface area (Å²) in [7, 11) is 0. The molecule has 0 unspecified atom stereocenters. The maximum Gasteiger partial charge on any atom is 0.193 e. The molecular formula is C9H12O2S. The summed E-state index contributed by atoms with van der Waals surface area (Å²) in [5.74, 6) is 0.720. The zero-order valence-corrected chi connectivity index (χ0v) is 8.31. The zero-order chi connectivity index (χ0) is 9.14. The quantitative estimate of drug-likeness (QED) is 0.710. The van der Waals surface area contributed by atoms with Crippen LogP contribution >= 0.6 is 0 Å². The molecule has 0 fully saturated rings. The van der Waals surface area contributed by atoms with Crippen LogP contribution in [0.1, 0.15) is 16.7 Å². The Morgan fingerprint density at radius 2 is 1.67 bits per heavy atom. The number of hydrogen-bond donors (Lipinski definition) is 1. The van der Waals surface area contributed by atoms with E-state index in [1.54, 1.807) is 0 Å². The van der Waals surface area contributed by atoms with Gasteiger partial charge < -0.3 is 4.18 Å². The predicted molar refractivity (Wildman–Crippen MR) is 50.8 cm³/mol. The minimum atomic E-state index is -0.293. The Hall–Kier alpha value is -0.830. The summed E-state index contributed by atoms with van der Waals surface area (Å²) in [6.45, 7) is 5.92. The van der Waals surface area contributed by atoms with Crippen molar-refractivity contribution in [3.8, 4) is 5.75 Å². The summed E-state index contributed by atoms with van der Waals surface area (Å²) in [6, 6.07) is 4.01. The number of rotatable bonds is 2. The van der Waals surface area contributed by atoms with Gasteiger partial charge >= 0.3 is 0 Å². The van der Waals surface area contributed by atoms with Gasteiger partial charge in [-0.2, -0.15) is 0 Å². The van der Waals surface area contributed by atoms with E-state index in [0.717, 1.165) is 16.9 Å². The fourth-order valence-corrected chi connectivity index (χ4v) is 1.71. The van der Waals surface area contributed by atoms with E-state index in [4.69, 9.17) is 4.18 Å². The van der Waals surface area contributed by atoms with Crippen molar-refractivity contribution in [1.29, 1.82) is 0 Å². The van der Waals surface area contributed by atoms with Crippen LogP contribution < -0.4 is 4.18 Å². The Labute approximate surface area is 76.3 Å². The monoisotopic (exact) mass is 184 g/mol. The van der Waals surface area contributed by atoms with Gasteiger partial charge in [-0.25, -0.2) is 4.21 Å². The van der Waals surface area contributed by atoms with Gasteiger partial charge in [0.15, 0.2) is 11.9 Å². The van der Waals surface area contributed by atoms with Crippen molar-refractivity contribution >= 4 is 11.9 Å². The number of benzene rings is 1. The van der Waals surface area contributed by atoms with Gasteiger partial charge in [-0.3, -0.25) is 0 Å². The van der Waals surface area contributed by atoms with Crippen molar-refractivity contribution in [2.45, 2.75) is 20.8 Å². The van der Waals surface area contributed by atoms with Crippen LogP contribution in [-0.4, -0.2) is 4.21 Å². The lowest BCUT2D eigenvalue weighted by molar-refractivity contribution is 0.574. The highest BCUT2D eigenvalue weighted by Crippen LogP contribution is 2.23. The first kappa shape index (κ1) is 9.26. The van der Waals surface area contributed by atoms with E-state index in [9.17, 15) is 4.21 Å². The van der Waals surface area contributed by atoms with Gasteiger partial charge in [0.2, 0.25) is 0 Å². The third kappa shape index (κ3) is 1.85. The molecule has 0 saturated heterocycles. The van der Waals surface area contributed by atoms with E-state index in [1.807, 2.05) is 32.9 Å². The SMILES string of the molecule is Cc1cc(C)c(O[SH]=O)c(C)c1. The van der Waals surface area contributed by atoms with E-state index in [1.165, 1.54) is 5.56 Å². The van der Waals surface area contributed by atoms with Gasteiger partial charge in [-0.1, -0.05) is 17.7 Å². The Bertz CT molecular complexity index is 284. The van der Waals surface area contributed by atoms with E-state index in [2.05, 4.69) is 0 Å². The van der Waals surface area contributed by atoms with E-state index >= 15 is 0 Å². The van der Waals surface area contributed by atoms with Crippen molar-refractivity contribution < 1.29 is 8.39 Å². The highest BCUT2D eigenvalue weighted by atomic mass is 32.2. The van der Waals surface area contributed by atoms with Gasteiger partial charge in [0.05, 0.1) is 0 Å². The molecule has 3 heteroatoms. The van der Waals surface area contributed by atoms with Crippen molar-refractivity contribution in [3.05, 3.63) is 28.8 Å². The molecule has 0 heterocycles. The fraction of sp³-hybridized carbons (Fsp3) is 0.333. The molecule has 1 aromatic carbocycles. The average molecular weight is 184 g/mol. The Balaban J connectivity index is 3.18. The first-order valence-corrected chi connectivity index (χ1v) is 4.45. The maximum absolute atomic E-state index is 10.2. The van der Waals surface area contributed by atoms with Crippen molar-refractivity contribution in [2.24, 2.45) is 0 Å². The molecule has 12 heavy (non-hydrogen) atoms. The molecule has 0 amide bonds. The second-order valence-electron chi connectivity index (χ2n) is 2.89. The van der Waals surface area contributed by atoms with Crippen molar-refractivity contribution in [2.75, 3.05) is 0 Å². The molecule has 0 aliphatic carbocycles. The highest BCUT2D eigenvalue weighted by molar-refractivity contribution is 7.60. The molecule has 66 valence electrons. The molecule has 0 saturated carbocycles. The van der Waals surface area contributed by atoms with Crippen LogP contribution in [0.4, 0.5) is 0 Å². The molecule has 0 aromatic heterocycles. The second kappa shape index (κ2) is 3.72. The van der Waals surface area contributed by atoms with Gasteiger partial charge in [-0.05, 0) is 31.9 Å². The van der Waals surface area contributed by atoms with Crippen LogP contribution in [0, 0.1) is 20.8 Å². The average Bonchev–Trinajstić information content (AvgIpc) is 1.96. The first-order chi connectivity index (χ1) is 5.65. The second-order valence-corrected chi connectivity index (χ2v) is 3.23. The molecule has 0 bridgehead atoms. The van der Waals surface area contributed by atoms with Crippen molar-refractivity contribution in [3.63, 3.8) is 0 Å². The third-order valence-corrected chi connectivity index (χ3v) is 1.99. The molecule has 0 aliphatic rings. The molecule has 1 aromatic rings. The third-order valence-electron chi connectivity index (χ3n) is 1.73. The van der Waals surface area contributed by atoms with Crippen LogP contribution in [0.5, 0.6) is 5.75 Å². The summed E-state index contributed by atoms with van der Waals surface area (Å²) in [4.78, 5) is 0.